The predicted molar refractivity (Wildman–Crippen MR) is 78.0 cm³/mol. The lowest BCUT2D eigenvalue weighted by Crippen LogP contribution is -2.24. The van der Waals surface area contributed by atoms with Crippen molar-refractivity contribution >= 4 is 5.97 Å². The highest BCUT2D eigenvalue weighted by Crippen LogP contribution is 2.38. The highest BCUT2D eigenvalue weighted by atomic mass is 16.5. The average Bonchev–Trinajstić information content (AvgIpc) is 2.97. The minimum Gasteiger partial charge on any atom is -0.481 e. The molecule has 2 fully saturated rings. The molecule has 1 saturated carbocycles. The normalized spacial score (nSPS) is 30.2. The Bertz CT molecular complexity index is 480. The van der Waals surface area contributed by atoms with Gasteiger partial charge in [-0.15, -0.1) is 0 Å². The lowest BCUT2D eigenvalue weighted by atomic mass is 9.78. The minimum atomic E-state index is -0.676. The zero-order chi connectivity index (χ0) is 14.7. The fourth-order valence-electron chi connectivity index (χ4n) is 3.80. The van der Waals surface area contributed by atoms with Crippen LogP contribution in [0.4, 0.5) is 0 Å². The van der Waals surface area contributed by atoms with Crippen LogP contribution < -0.4 is 0 Å². The Morgan fingerprint density at radius 3 is 3.00 bits per heavy atom. The number of hydrogen-bond acceptors (Lipinski definition) is 3. The third kappa shape index (κ3) is 3.46. The van der Waals surface area contributed by atoms with Crippen LogP contribution in [0.2, 0.25) is 0 Å². The summed E-state index contributed by atoms with van der Waals surface area (Å²) < 4.78 is 7.90. The number of hydrogen-bond donors (Lipinski definition) is 1. The molecule has 3 rings (SSSR count). The molecule has 0 amide bonds. The van der Waals surface area contributed by atoms with Crippen molar-refractivity contribution in [3.63, 3.8) is 0 Å². The second kappa shape index (κ2) is 6.60. The van der Waals surface area contributed by atoms with Crippen LogP contribution in [0.5, 0.6) is 0 Å². The standard InChI is InChI=1S/C16H24N2O3/c19-16(20)11-12-4-3-5-13(10-12)14-7-8-17-18(14)15-6-1-2-9-21-15/h7-8,12-13,15H,1-6,9-11H2,(H,19,20). The summed E-state index contributed by atoms with van der Waals surface area (Å²) in [6.45, 7) is 0.816. The number of carbonyl (C=O) groups is 1. The summed E-state index contributed by atoms with van der Waals surface area (Å²) in [4.78, 5) is 10.9. The Balaban J connectivity index is 1.71. The van der Waals surface area contributed by atoms with E-state index in [-0.39, 0.29) is 6.23 Å². The Morgan fingerprint density at radius 2 is 2.24 bits per heavy atom. The van der Waals surface area contributed by atoms with Crippen molar-refractivity contribution in [2.75, 3.05) is 6.61 Å². The Kier molecular flexibility index (Phi) is 4.58. The molecule has 1 saturated heterocycles. The van der Waals surface area contributed by atoms with E-state index in [2.05, 4.69) is 11.2 Å². The first-order valence-corrected chi connectivity index (χ1v) is 8.11. The predicted octanol–water partition coefficient (Wildman–Crippen LogP) is 3.33. The number of nitrogens with zero attached hydrogens (tertiary/aromatic N) is 2. The maximum atomic E-state index is 10.9. The van der Waals surface area contributed by atoms with Crippen LogP contribution in [0, 0.1) is 5.92 Å². The van der Waals surface area contributed by atoms with Crippen LogP contribution in [0.15, 0.2) is 12.3 Å². The third-order valence-corrected chi connectivity index (χ3v) is 4.79. The number of aromatic nitrogens is 2. The van der Waals surface area contributed by atoms with Gasteiger partial charge >= 0.3 is 5.97 Å². The molecule has 2 aliphatic rings. The summed E-state index contributed by atoms with van der Waals surface area (Å²) in [5, 5.41) is 13.5. The summed E-state index contributed by atoms with van der Waals surface area (Å²) in [6.07, 6.45) is 9.82. The van der Waals surface area contributed by atoms with Crippen molar-refractivity contribution in [1.29, 1.82) is 0 Å². The first-order chi connectivity index (χ1) is 10.2. The zero-order valence-electron chi connectivity index (χ0n) is 12.4. The van der Waals surface area contributed by atoms with Gasteiger partial charge in [-0.2, -0.15) is 5.10 Å². The van der Waals surface area contributed by atoms with Crippen molar-refractivity contribution in [2.45, 2.75) is 63.5 Å². The number of carboxylic acids is 1. The van der Waals surface area contributed by atoms with Crippen LogP contribution in [-0.2, 0) is 9.53 Å². The van der Waals surface area contributed by atoms with E-state index in [0.29, 0.717) is 18.3 Å². The quantitative estimate of drug-likeness (QED) is 0.924. The molecule has 0 aromatic carbocycles. The molecule has 3 atom stereocenters. The van der Waals surface area contributed by atoms with Gasteiger partial charge in [0.2, 0.25) is 0 Å². The van der Waals surface area contributed by atoms with Gasteiger partial charge in [0.25, 0.3) is 0 Å². The van der Waals surface area contributed by atoms with Crippen molar-refractivity contribution in [3.8, 4) is 0 Å². The number of rotatable bonds is 4. The van der Waals surface area contributed by atoms with Gasteiger partial charge in [-0.25, -0.2) is 4.68 Å². The van der Waals surface area contributed by atoms with Gasteiger partial charge in [0, 0.05) is 30.8 Å². The fraction of sp³-hybridized carbons (Fsp3) is 0.750. The molecule has 116 valence electrons. The molecule has 3 unspecified atom stereocenters. The topological polar surface area (TPSA) is 64.3 Å². The Hall–Kier alpha value is -1.36. The first kappa shape index (κ1) is 14.6. The number of ether oxygens (including phenoxy) is 1. The van der Waals surface area contributed by atoms with Gasteiger partial charge in [-0.1, -0.05) is 6.42 Å². The van der Waals surface area contributed by atoms with E-state index in [1.165, 1.54) is 12.1 Å². The smallest absolute Gasteiger partial charge is 0.303 e. The first-order valence-electron chi connectivity index (χ1n) is 8.11. The molecule has 0 radical (unpaired) electrons. The van der Waals surface area contributed by atoms with E-state index in [1.807, 2.05) is 10.9 Å². The molecule has 1 aromatic heterocycles. The van der Waals surface area contributed by atoms with Gasteiger partial charge in [-0.05, 0) is 50.5 Å². The highest BCUT2D eigenvalue weighted by molar-refractivity contribution is 5.67. The van der Waals surface area contributed by atoms with Crippen LogP contribution in [0.25, 0.3) is 0 Å². The third-order valence-electron chi connectivity index (χ3n) is 4.79. The SMILES string of the molecule is O=C(O)CC1CCCC(c2ccnn2C2CCCCO2)C1. The maximum Gasteiger partial charge on any atom is 0.303 e. The average molecular weight is 292 g/mol. The molecule has 1 N–H and O–H groups in total. The highest BCUT2D eigenvalue weighted by Gasteiger charge is 2.29. The van der Waals surface area contributed by atoms with Gasteiger partial charge in [0.15, 0.2) is 0 Å². The molecule has 0 spiro atoms. The Morgan fingerprint density at radius 1 is 1.33 bits per heavy atom. The summed E-state index contributed by atoms with van der Waals surface area (Å²) >= 11 is 0. The van der Waals surface area contributed by atoms with Crippen molar-refractivity contribution in [2.24, 2.45) is 5.92 Å². The molecule has 5 heteroatoms. The number of aliphatic carboxylic acids is 1. The van der Waals surface area contributed by atoms with Gasteiger partial charge in [0.1, 0.15) is 6.23 Å². The maximum absolute atomic E-state index is 10.9. The van der Waals surface area contributed by atoms with E-state index in [1.54, 1.807) is 0 Å². The van der Waals surface area contributed by atoms with Crippen molar-refractivity contribution in [1.82, 2.24) is 9.78 Å². The summed E-state index contributed by atoms with van der Waals surface area (Å²) in [5.41, 5.74) is 1.23. The molecule has 21 heavy (non-hydrogen) atoms. The van der Waals surface area contributed by atoms with E-state index >= 15 is 0 Å². The van der Waals surface area contributed by atoms with Gasteiger partial charge in [-0.3, -0.25) is 4.79 Å². The molecular formula is C16H24N2O3. The minimum absolute atomic E-state index is 0.0728. The lowest BCUT2D eigenvalue weighted by molar-refractivity contribution is -0.138. The summed E-state index contributed by atoms with van der Waals surface area (Å²) in [6, 6.07) is 2.09. The molecular weight excluding hydrogens is 268 g/mol. The zero-order valence-corrected chi connectivity index (χ0v) is 12.4. The molecule has 2 heterocycles. The number of carboxylic acid groups (broad SMARTS) is 1. The van der Waals surface area contributed by atoms with Crippen molar-refractivity contribution in [3.05, 3.63) is 18.0 Å². The van der Waals surface area contributed by atoms with Crippen LogP contribution in [-0.4, -0.2) is 27.5 Å². The second-order valence-corrected chi connectivity index (χ2v) is 6.35. The molecule has 5 nitrogen and oxygen atoms in total. The van der Waals surface area contributed by atoms with E-state index < -0.39 is 5.97 Å². The second-order valence-electron chi connectivity index (χ2n) is 6.35. The molecule has 1 aliphatic carbocycles. The molecule has 0 bridgehead atoms. The summed E-state index contributed by atoms with van der Waals surface area (Å²) in [5.74, 6) is 0.0535. The monoisotopic (exact) mass is 292 g/mol. The lowest BCUT2D eigenvalue weighted by Gasteiger charge is -2.31. The fourth-order valence-corrected chi connectivity index (χ4v) is 3.80. The van der Waals surface area contributed by atoms with E-state index in [0.717, 1.165) is 45.1 Å². The van der Waals surface area contributed by atoms with Crippen LogP contribution >= 0.6 is 0 Å². The van der Waals surface area contributed by atoms with Crippen LogP contribution in [0.3, 0.4) is 0 Å². The Labute approximate surface area is 125 Å². The van der Waals surface area contributed by atoms with E-state index in [9.17, 15) is 4.79 Å². The largest absolute Gasteiger partial charge is 0.481 e. The summed E-state index contributed by atoms with van der Waals surface area (Å²) in [7, 11) is 0. The molecule has 1 aromatic rings. The van der Waals surface area contributed by atoms with E-state index in [4.69, 9.17) is 9.84 Å². The van der Waals surface area contributed by atoms with Gasteiger partial charge in [0.05, 0.1) is 0 Å². The van der Waals surface area contributed by atoms with Crippen LogP contribution in [0.1, 0.15) is 69.2 Å². The van der Waals surface area contributed by atoms with Gasteiger partial charge < -0.3 is 9.84 Å². The van der Waals surface area contributed by atoms with Crippen molar-refractivity contribution < 1.29 is 14.6 Å². The molecule has 1 aliphatic heterocycles.